The summed E-state index contributed by atoms with van der Waals surface area (Å²) in [6.07, 6.45) is 0. The smallest absolute Gasteiger partial charge is 0.283 e. The van der Waals surface area contributed by atoms with Crippen LogP contribution in [0.25, 0.3) is 0 Å². The lowest BCUT2D eigenvalue weighted by molar-refractivity contribution is -0.120. The molecule has 1 aliphatic rings. The topological polar surface area (TPSA) is 97.0 Å². The number of nitrogens with zero attached hydrogens (tertiary/aromatic N) is 1. The molecular formula is C26H21Cl2N3O5. The van der Waals surface area contributed by atoms with Gasteiger partial charge in [-0.05, 0) is 61.0 Å². The van der Waals surface area contributed by atoms with Crippen LogP contribution in [-0.2, 0) is 9.59 Å². The minimum atomic E-state index is -0.694. The second kappa shape index (κ2) is 10.3. The van der Waals surface area contributed by atoms with Gasteiger partial charge in [0.25, 0.3) is 17.7 Å². The van der Waals surface area contributed by atoms with Crippen LogP contribution in [0.3, 0.4) is 0 Å². The summed E-state index contributed by atoms with van der Waals surface area (Å²) >= 11 is 12.3. The third-order valence-corrected chi connectivity index (χ3v) is 6.11. The van der Waals surface area contributed by atoms with Crippen LogP contribution in [0.2, 0.25) is 5.02 Å². The van der Waals surface area contributed by atoms with Gasteiger partial charge in [0.15, 0.2) is 0 Å². The van der Waals surface area contributed by atoms with E-state index in [1.165, 1.54) is 20.3 Å². The van der Waals surface area contributed by atoms with E-state index in [-0.39, 0.29) is 28.1 Å². The summed E-state index contributed by atoms with van der Waals surface area (Å²) in [4.78, 5) is 39.5. The van der Waals surface area contributed by atoms with Gasteiger partial charge in [0.2, 0.25) is 0 Å². The Labute approximate surface area is 217 Å². The Morgan fingerprint density at radius 1 is 0.889 bits per heavy atom. The Balaban J connectivity index is 1.51. The van der Waals surface area contributed by atoms with Gasteiger partial charge in [0.1, 0.15) is 22.2 Å². The predicted octanol–water partition coefficient (Wildman–Crippen LogP) is 5.35. The molecule has 0 saturated heterocycles. The van der Waals surface area contributed by atoms with E-state index in [2.05, 4.69) is 10.6 Å². The summed E-state index contributed by atoms with van der Waals surface area (Å²) in [5.74, 6) is -0.893. The summed E-state index contributed by atoms with van der Waals surface area (Å²) < 4.78 is 10.5. The number of carbonyl (C=O) groups is 3. The molecule has 0 bridgehead atoms. The minimum absolute atomic E-state index is 0.0914. The first-order valence-electron chi connectivity index (χ1n) is 10.7. The molecular weight excluding hydrogens is 505 g/mol. The molecule has 1 aliphatic heterocycles. The summed E-state index contributed by atoms with van der Waals surface area (Å²) in [6, 6.07) is 16.3. The summed E-state index contributed by atoms with van der Waals surface area (Å²) in [5.41, 5.74) is 2.46. The van der Waals surface area contributed by atoms with Crippen molar-refractivity contribution in [2.75, 3.05) is 29.8 Å². The number of rotatable bonds is 7. The number of amides is 3. The van der Waals surface area contributed by atoms with Crippen LogP contribution in [0.1, 0.15) is 15.9 Å². The van der Waals surface area contributed by atoms with Crippen molar-refractivity contribution in [1.82, 2.24) is 0 Å². The summed E-state index contributed by atoms with van der Waals surface area (Å²) in [5, 5.41) is 5.95. The standard InChI is InChI=1S/C26H21Cl2N3O5/c1-14-4-7-16(27)12-19(14)30-24(32)15-5-8-17(9-6-15)29-23-22(28)25(33)31(26(23)34)20-11-10-18(35-2)13-21(20)36-3/h4-13,29H,1-3H3,(H,30,32). The van der Waals surface area contributed by atoms with Gasteiger partial charge in [-0.15, -0.1) is 0 Å². The van der Waals surface area contributed by atoms with Crippen LogP contribution in [0.4, 0.5) is 17.1 Å². The molecule has 184 valence electrons. The molecule has 3 aromatic carbocycles. The SMILES string of the molecule is COc1ccc(N2C(=O)C(Cl)=C(Nc3ccc(C(=O)Nc4cc(Cl)ccc4C)cc3)C2=O)c(OC)c1. The highest BCUT2D eigenvalue weighted by Crippen LogP contribution is 2.37. The number of carbonyl (C=O) groups excluding carboxylic acids is 3. The van der Waals surface area contributed by atoms with Crippen LogP contribution in [-0.4, -0.2) is 31.9 Å². The normalized spacial score (nSPS) is 13.2. The van der Waals surface area contributed by atoms with Crippen LogP contribution in [0, 0.1) is 6.92 Å². The average molecular weight is 526 g/mol. The average Bonchev–Trinajstić information content (AvgIpc) is 3.09. The third-order valence-electron chi connectivity index (χ3n) is 5.52. The molecule has 8 nitrogen and oxygen atoms in total. The van der Waals surface area contributed by atoms with Crippen molar-refractivity contribution in [2.24, 2.45) is 0 Å². The van der Waals surface area contributed by atoms with Crippen LogP contribution >= 0.6 is 23.2 Å². The molecule has 36 heavy (non-hydrogen) atoms. The van der Waals surface area contributed by atoms with Crippen molar-refractivity contribution in [3.8, 4) is 11.5 Å². The van der Waals surface area contributed by atoms with Crippen LogP contribution in [0.15, 0.2) is 71.4 Å². The van der Waals surface area contributed by atoms with Crippen LogP contribution < -0.4 is 25.0 Å². The first kappa shape index (κ1) is 25.1. The Morgan fingerprint density at radius 2 is 1.61 bits per heavy atom. The van der Waals surface area contributed by atoms with Crippen molar-refractivity contribution in [3.63, 3.8) is 0 Å². The fraction of sp³-hybridized carbons (Fsp3) is 0.115. The monoisotopic (exact) mass is 525 g/mol. The van der Waals surface area contributed by atoms with Gasteiger partial charge in [-0.25, -0.2) is 4.90 Å². The molecule has 0 aliphatic carbocycles. The zero-order valence-electron chi connectivity index (χ0n) is 19.5. The highest BCUT2D eigenvalue weighted by molar-refractivity contribution is 6.53. The number of nitrogens with one attached hydrogen (secondary N) is 2. The summed E-state index contributed by atoms with van der Waals surface area (Å²) in [7, 11) is 2.91. The molecule has 0 saturated carbocycles. The Hall–Kier alpha value is -4.01. The predicted molar refractivity (Wildman–Crippen MR) is 139 cm³/mol. The van der Waals surface area contributed by atoms with E-state index in [4.69, 9.17) is 32.7 Å². The van der Waals surface area contributed by atoms with Crippen molar-refractivity contribution in [1.29, 1.82) is 0 Å². The van der Waals surface area contributed by atoms with Gasteiger partial charge in [0.05, 0.1) is 19.9 Å². The second-order valence-corrected chi connectivity index (χ2v) is 8.60. The lowest BCUT2D eigenvalue weighted by Crippen LogP contribution is -2.32. The van der Waals surface area contributed by atoms with E-state index in [1.54, 1.807) is 48.5 Å². The highest BCUT2D eigenvalue weighted by atomic mass is 35.5. The van der Waals surface area contributed by atoms with Gasteiger partial charge in [-0.3, -0.25) is 14.4 Å². The van der Waals surface area contributed by atoms with Gasteiger partial charge >= 0.3 is 0 Å². The van der Waals surface area contributed by atoms with E-state index in [0.717, 1.165) is 10.5 Å². The number of anilines is 3. The fourth-order valence-corrected chi connectivity index (χ4v) is 3.96. The molecule has 4 rings (SSSR count). The molecule has 0 aromatic heterocycles. The molecule has 3 amide bonds. The molecule has 3 aromatic rings. The number of hydrogen-bond acceptors (Lipinski definition) is 6. The zero-order chi connectivity index (χ0) is 26.0. The number of benzene rings is 3. The Bertz CT molecular complexity index is 1400. The van der Waals surface area contributed by atoms with Gasteiger partial charge in [-0.1, -0.05) is 29.3 Å². The van der Waals surface area contributed by atoms with E-state index >= 15 is 0 Å². The van der Waals surface area contributed by atoms with Crippen molar-refractivity contribution in [3.05, 3.63) is 87.5 Å². The minimum Gasteiger partial charge on any atom is -0.497 e. The third kappa shape index (κ3) is 4.86. The number of imide groups is 1. The number of halogens is 2. The molecule has 0 spiro atoms. The molecule has 0 fully saturated rings. The molecule has 0 radical (unpaired) electrons. The van der Waals surface area contributed by atoms with E-state index in [0.29, 0.717) is 27.7 Å². The largest absolute Gasteiger partial charge is 0.497 e. The number of aryl methyl sites for hydroxylation is 1. The molecule has 0 unspecified atom stereocenters. The van der Waals surface area contributed by atoms with Crippen molar-refractivity contribution in [2.45, 2.75) is 6.92 Å². The first-order chi connectivity index (χ1) is 17.2. The van der Waals surface area contributed by atoms with Crippen molar-refractivity contribution >= 4 is 58.0 Å². The first-order valence-corrected chi connectivity index (χ1v) is 11.4. The van der Waals surface area contributed by atoms with Gasteiger partial charge < -0.3 is 20.1 Å². The second-order valence-electron chi connectivity index (χ2n) is 7.79. The number of hydrogen-bond donors (Lipinski definition) is 2. The number of ether oxygens (including phenoxy) is 2. The Kier molecular flexibility index (Phi) is 7.19. The fourth-order valence-electron chi connectivity index (χ4n) is 3.57. The zero-order valence-corrected chi connectivity index (χ0v) is 21.0. The van der Waals surface area contributed by atoms with Crippen LogP contribution in [0.5, 0.6) is 11.5 Å². The maximum Gasteiger partial charge on any atom is 0.283 e. The van der Waals surface area contributed by atoms with Gasteiger partial charge in [-0.2, -0.15) is 0 Å². The van der Waals surface area contributed by atoms with E-state index < -0.39 is 11.8 Å². The maximum atomic E-state index is 13.1. The van der Waals surface area contributed by atoms with Crippen molar-refractivity contribution < 1.29 is 23.9 Å². The molecule has 0 atom stereocenters. The number of methoxy groups -OCH3 is 2. The molecule has 2 N–H and O–H groups in total. The van der Waals surface area contributed by atoms with E-state index in [1.807, 2.05) is 13.0 Å². The maximum absolute atomic E-state index is 13.1. The summed E-state index contributed by atoms with van der Waals surface area (Å²) in [6.45, 7) is 1.86. The van der Waals surface area contributed by atoms with E-state index in [9.17, 15) is 14.4 Å². The quantitative estimate of drug-likeness (QED) is 0.403. The Morgan fingerprint density at radius 3 is 2.28 bits per heavy atom. The highest BCUT2D eigenvalue weighted by Gasteiger charge is 2.40. The lowest BCUT2D eigenvalue weighted by Gasteiger charge is -2.18. The van der Waals surface area contributed by atoms with Gasteiger partial charge in [0, 0.05) is 28.0 Å². The molecule has 10 heteroatoms. The lowest BCUT2D eigenvalue weighted by atomic mass is 10.1. The molecule has 1 heterocycles.